The Morgan fingerprint density at radius 1 is 0.809 bits per heavy atom. The van der Waals surface area contributed by atoms with Crippen LogP contribution in [0.15, 0.2) is 66.7 Å². The molecule has 2 saturated carbocycles. The van der Waals surface area contributed by atoms with Crippen molar-refractivity contribution in [2.75, 3.05) is 18.8 Å². The quantitative estimate of drug-likeness (QED) is 0.236. The Bertz CT molecular complexity index is 1570. The number of aromatic nitrogens is 2. The summed E-state index contributed by atoms with van der Waals surface area (Å²) in [5.74, 6) is -0.854. The minimum Gasteiger partial charge on any atom is -0.371 e. The fourth-order valence-corrected chi connectivity index (χ4v) is 6.65. The zero-order valence-corrected chi connectivity index (χ0v) is 28.0. The van der Waals surface area contributed by atoms with Crippen LogP contribution in [0.4, 0.5) is 5.82 Å². The molecule has 2 fully saturated rings. The number of amides is 2. The molecular formula is C34H46N6O6S. The van der Waals surface area contributed by atoms with Crippen molar-refractivity contribution in [1.82, 2.24) is 24.7 Å². The second kappa shape index (κ2) is 16.4. The molecule has 0 saturated heterocycles. The maximum absolute atomic E-state index is 13.7. The van der Waals surface area contributed by atoms with Crippen molar-refractivity contribution < 1.29 is 27.5 Å². The van der Waals surface area contributed by atoms with Crippen molar-refractivity contribution in [2.24, 2.45) is 0 Å². The number of nitrogens with zero attached hydrogens (tertiary/aromatic N) is 3. The van der Waals surface area contributed by atoms with Crippen LogP contribution in [0.5, 0.6) is 0 Å². The molecule has 2 aromatic carbocycles. The Balaban J connectivity index is 1.28. The summed E-state index contributed by atoms with van der Waals surface area (Å²) in [6.45, 7) is 0.616. The number of benzene rings is 2. The number of nitrogens with one attached hydrogen (secondary N) is 3. The molecule has 3 aromatic rings. The van der Waals surface area contributed by atoms with Gasteiger partial charge in [-0.2, -0.15) is 17.8 Å². The molecule has 0 spiro atoms. The summed E-state index contributed by atoms with van der Waals surface area (Å²) in [7, 11) is -1.12. The van der Waals surface area contributed by atoms with Gasteiger partial charge in [-0.05, 0) is 36.8 Å². The van der Waals surface area contributed by atoms with E-state index in [9.17, 15) is 18.0 Å². The first-order valence-electron chi connectivity index (χ1n) is 16.4. The summed E-state index contributed by atoms with van der Waals surface area (Å²) < 4.78 is 42.3. The standard InChI is InChI=1S/C34H46N6O6S/c1-39(2)47(43,44)38-32-21-29(34(42)36-28-18-10-12-20-31(28)46-24-26-15-7-4-8-16-26)40(37-32)22-33(41)35-27-17-9-11-19-30(27)45-23-25-13-5-3-6-14-25/h3-8,13-16,21,27-28,30-31H,9-12,17-20,22-24H2,1-2H3,(H,35,41)(H,36,42)(H,37,38)/t27-,28-,30-,31-/m0/s1. The molecule has 254 valence electrons. The zero-order chi connectivity index (χ0) is 33.2. The van der Waals surface area contributed by atoms with Crippen LogP contribution >= 0.6 is 0 Å². The molecule has 4 atom stereocenters. The highest BCUT2D eigenvalue weighted by Gasteiger charge is 2.31. The molecule has 2 aliphatic rings. The highest BCUT2D eigenvalue weighted by atomic mass is 32.2. The van der Waals surface area contributed by atoms with Crippen LogP contribution in [-0.4, -0.2) is 72.7 Å². The molecule has 0 radical (unpaired) electrons. The summed E-state index contributed by atoms with van der Waals surface area (Å²) in [4.78, 5) is 27.2. The summed E-state index contributed by atoms with van der Waals surface area (Å²) >= 11 is 0. The first kappa shape index (κ1) is 34.6. The first-order chi connectivity index (χ1) is 22.7. The van der Waals surface area contributed by atoms with Gasteiger partial charge >= 0.3 is 10.2 Å². The van der Waals surface area contributed by atoms with E-state index >= 15 is 0 Å². The average Bonchev–Trinajstić information content (AvgIpc) is 3.45. The SMILES string of the molecule is CN(C)S(=O)(=O)Nc1cc(C(=O)N[C@H]2CCCC[C@@H]2OCc2ccccc2)n(CC(=O)N[C@H]2CCCC[C@@H]2OCc2ccccc2)n1. The molecular weight excluding hydrogens is 620 g/mol. The molecule has 5 rings (SSSR count). The lowest BCUT2D eigenvalue weighted by molar-refractivity contribution is -0.124. The van der Waals surface area contributed by atoms with Gasteiger partial charge in [-0.3, -0.25) is 14.3 Å². The van der Waals surface area contributed by atoms with Gasteiger partial charge in [0, 0.05) is 20.2 Å². The first-order valence-corrected chi connectivity index (χ1v) is 17.8. The molecule has 2 aliphatic carbocycles. The van der Waals surface area contributed by atoms with E-state index in [2.05, 4.69) is 20.5 Å². The lowest BCUT2D eigenvalue weighted by Gasteiger charge is -2.32. The number of hydrogen-bond acceptors (Lipinski definition) is 7. The lowest BCUT2D eigenvalue weighted by Crippen LogP contribution is -2.48. The summed E-state index contributed by atoms with van der Waals surface area (Å²) in [5.41, 5.74) is 2.19. The summed E-state index contributed by atoms with van der Waals surface area (Å²) in [6, 6.07) is 20.7. The fraction of sp³-hybridized carbons (Fsp3) is 0.500. The van der Waals surface area contributed by atoms with E-state index in [4.69, 9.17) is 9.47 Å². The molecule has 47 heavy (non-hydrogen) atoms. The number of rotatable bonds is 14. The van der Waals surface area contributed by atoms with Crippen molar-refractivity contribution in [3.63, 3.8) is 0 Å². The molecule has 0 aliphatic heterocycles. The number of hydrogen-bond donors (Lipinski definition) is 3. The highest BCUT2D eigenvalue weighted by molar-refractivity contribution is 7.90. The molecule has 3 N–H and O–H groups in total. The normalized spacial score (nSPS) is 21.7. The van der Waals surface area contributed by atoms with E-state index in [1.807, 2.05) is 60.7 Å². The van der Waals surface area contributed by atoms with Gasteiger partial charge in [0.1, 0.15) is 12.2 Å². The zero-order valence-electron chi connectivity index (χ0n) is 27.1. The Morgan fingerprint density at radius 3 is 1.85 bits per heavy atom. The summed E-state index contributed by atoms with van der Waals surface area (Å²) in [5, 5.41) is 10.5. The Morgan fingerprint density at radius 2 is 1.32 bits per heavy atom. The fourth-order valence-electron chi connectivity index (χ4n) is 6.10. The highest BCUT2D eigenvalue weighted by Crippen LogP contribution is 2.25. The Kier molecular flexibility index (Phi) is 12.0. The van der Waals surface area contributed by atoms with Gasteiger partial charge in [-0.25, -0.2) is 4.68 Å². The number of carbonyl (C=O) groups excluding carboxylic acids is 2. The number of carbonyl (C=O) groups is 2. The van der Waals surface area contributed by atoms with Crippen LogP contribution < -0.4 is 15.4 Å². The van der Waals surface area contributed by atoms with Crippen molar-refractivity contribution in [3.8, 4) is 0 Å². The molecule has 1 heterocycles. The van der Waals surface area contributed by atoms with Crippen LogP contribution in [0.2, 0.25) is 0 Å². The molecule has 2 amide bonds. The van der Waals surface area contributed by atoms with Crippen LogP contribution in [0.1, 0.15) is 73.0 Å². The minimum absolute atomic E-state index is 0.0566. The van der Waals surface area contributed by atoms with Crippen molar-refractivity contribution in [1.29, 1.82) is 0 Å². The topological polar surface area (TPSA) is 144 Å². The van der Waals surface area contributed by atoms with Crippen LogP contribution in [0.3, 0.4) is 0 Å². The molecule has 1 aromatic heterocycles. The van der Waals surface area contributed by atoms with Gasteiger partial charge < -0.3 is 20.1 Å². The third-order valence-corrected chi connectivity index (χ3v) is 10.1. The van der Waals surface area contributed by atoms with E-state index in [1.54, 1.807) is 0 Å². The third-order valence-electron chi connectivity index (χ3n) is 8.70. The van der Waals surface area contributed by atoms with Gasteiger partial charge in [-0.1, -0.05) is 86.3 Å². The predicted octanol–water partition coefficient (Wildman–Crippen LogP) is 4.00. The Labute approximate surface area is 277 Å². The number of ether oxygens (including phenoxy) is 2. The van der Waals surface area contributed by atoms with Crippen LogP contribution in [0, 0.1) is 0 Å². The molecule has 13 heteroatoms. The van der Waals surface area contributed by atoms with E-state index in [0.29, 0.717) is 13.2 Å². The number of anilines is 1. The molecule has 0 bridgehead atoms. The van der Waals surface area contributed by atoms with Gasteiger partial charge in [0.2, 0.25) is 5.91 Å². The van der Waals surface area contributed by atoms with Gasteiger partial charge in [0.15, 0.2) is 5.82 Å². The second-order valence-corrected chi connectivity index (χ2v) is 14.3. The van der Waals surface area contributed by atoms with E-state index in [1.165, 1.54) is 24.8 Å². The minimum atomic E-state index is -3.90. The van der Waals surface area contributed by atoms with Crippen molar-refractivity contribution in [2.45, 2.75) is 95.4 Å². The van der Waals surface area contributed by atoms with Crippen molar-refractivity contribution in [3.05, 3.63) is 83.6 Å². The van der Waals surface area contributed by atoms with Crippen LogP contribution in [-0.2, 0) is 44.2 Å². The lowest BCUT2D eigenvalue weighted by atomic mass is 9.92. The average molecular weight is 667 g/mol. The van der Waals surface area contributed by atoms with E-state index < -0.39 is 16.1 Å². The van der Waals surface area contributed by atoms with Gasteiger partial charge in [-0.15, -0.1) is 0 Å². The predicted molar refractivity (Wildman–Crippen MR) is 179 cm³/mol. The van der Waals surface area contributed by atoms with E-state index in [0.717, 1.165) is 66.8 Å². The third kappa shape index (κ3) is 9.86. The maximum atomic E-state index is 13.7. The monoisotopic (exact) mass is 666 g/mol. The molecule has 12 nitrogen and oxygen atoms in total. The van der Waals surface area contributed by atoms with E-state index in [-0.39, 0.29) is 48.3 Å². The Hall–Kier alpha value is -3.78. The van der Waals surface area contributed by atoms with Gasteiger partial charge in [0.05, 0.1) is 37.5 Å². The second-order valence-electron chi connectivity index (χ2n) is 12.5. The van der Waals surface area contributed by atoms with Gasteiger partial charge in [0.25, 0.3) is 5.91 Å². The molecule has 0 unspecified atom stereocenters. The maximum Gasteiger partial charge on any atom is 0.302 e. The van der Waals surface area contributed by atoms with Crippen LogP contribution in [0.25, 0.3) is 0 Å². The smallest absolute Gasteiger partial charge is 0.302 e. The van der Waals surface area contributed by atoms with Crippen molar-refractivity contribution >= 4 is 27.8 Å². The largest absolute Gasteiger partial charge is 0.371 e. The summed E-state index contributed by atoms with van der Waals surface area (Å²) in [6.07, 6.45) is 6.76.